The van der Waals surface area contributed by atoms with Gasteiger partial charge in [-0.05, 0) is 13.3 Å². The van der Waals surface area contributed by atoms with E-state index >= 15 is 0 Å². The lowest BCUT2D eigenvalue weighted by Crippen LogP contribution is -2.59. The van der Waals surface area contributed by atoms with Crippen LogP contribution in [0.5, 0.6) is 0 Å². The summed E-state index contributed by atoms with van der Waals surface area (Å²) in [6.45, 7) is 8.98. The summed E-state index contributed by atoms with van der Waals surface area (Å²) < 4.78 is 1.32. The van der Waals surface area contributed by atoms with Gasteiger partial charge in [0.2, 0.25) is 0 Å². The summed E-state index contributed by atoms with van der Waals surface area (Å²) in [4.78, 5) is 0. The molecule has 2 aliphatic rings. The molecular weight excluding hydrogens is 148 g/mol. The summed E-state index contributed by atoms with van der Waals surface area (Å²) in [5, 5.41) is 3.54. The molecule has 1 N–H and O–H groups in total. The number of rotatable bonds is 1. The molecule has 0 aromatic carbocycles. The first-order valence-corrected chi connectivity index (χ1v) is 5.26. The van der Waals surface area contributed by atoms with Gasteiger partial charge in [0, 0.05) is 24.9 Å². The van der Waals surface area contributed by atoms with Crippen molar-refractivity contribution < 1.29 is 4.48 Å². The summed E-state index contributed by atoms with van der Waals surface area (Å²) in [6, 6.07) is 0. The van der Waals surface area contributed by atoms with E-state index in [0.29, 0.717) is 0 Å². The Morgan fingerprint density at radius 3 is 2.33 bits per heavy atom. The number of nitrogens with zero attached hydrogens (tertiary/aromatic N) is 1. The highest BCUT2D eigenvalue weighted by molar-refractivity contribution is 4.79. The SMILES string of the molecule is CC[N+]1(C)CC2CNCC(C2)C1. The lowest BCUT2D eigenvalue weighted by Gasteiger charge is -2.47. The molecule has 2 aliphatic heterocycles. The molecule has 0 aliphatic carbocycles. The van der Waals surface area contributed by atoms with Crippen LogP contribution in [0.15, 0.2) is 0 Å². The summed E-state index contributed by atoms with van der Waals surface area (Å²) in [5.41, 5.74) is 0. The zero-order valence-electron chi connectivity index (χ0n) is 8.34. The van der Waals surface area contributed by atoms with Gasteiger partial charge < -0.3 is 9.80 Å². The van der Waals surface area contributed by atoms with E-state index in [-0.39, 0.29) is 0 Å². The van der Waals surface area contributed by atoms with Gasteiger partial charge in [0.05, 0.1) is 26.7 Å². The largest absolute Gasteiger partial charge is 0.326 e. The fraction of sp³-hybridized carbons (Fsp3) is 1.00. The summed E-state index contributed by atoms with van der Waals surface area (Å²) in [6.07, 6.45) is 1.49. The maximum Gasteiger partial charge on any atom is 0.0825 e. The van der Waals surface area contributed by atoms with Crippen LogP contribution in [0.25, 0.3) is 0 Å². The molecular formula is C10H21N2+. The quantitative estimate of drug-likeness (QED) is 0.570. The molecule has 0 amide bonds. The molecule has 12 heavy (non-hydrogen) atoms. The van der Waals surface area contributed by atoms with Crippen molar-refractivity contribution in [3.05, 3.63) is 0 Å². The Kier molecular flexibility index (Phi) is 2.13. The van der Waals surface area contributed by atoms with Gasteiger partial charge in [-0.1, -0.05) is 0 Å². The van der Waals surface area contributed by atoms with Gasteiger partial charge in [-0.15, -0.1) is 0 Å². The van der Waals surface area contributed by atoms with Crippen molar-refractivity contribution in [2.75, 3.05) is 39.8 Å². The predicted molar refractivity (Wildman–Crippen MR) is 50.9 cm³/mol. The number of piperidine rings is 2. The molecule has 2 saturated heterocycles. The lowest BCUT2D eigenvalue weighted by molar-refractivity contribution is -0.920. The molecule has 0 saturated carbocycles. The van der Waals surface area contributed by atoms with Crippen molar-refractivity contribution >= 4 is 0 Å². The van der Waals surface area contributed by atoms with Gasteiger partial charge in [-0.3, -0.25) is 0 Å². The standard InChI is InChI=1S/C10H21N2/c1-3-12(2)7-9-4-10(8-12)6-11-5-9/h9-11H,3-8H2,1-2H3/q+1. The van der Waals surface area contributed by atoms with E-state index in [1.165, 1.54) is 43.6 Å². The molecule has 0 radical (unpaired) electrons. The first-order valence-electron chi connectivity index (χ1n) is 5.26. The third kappa shape index (κ3) is 1.50. The van der Waals surface area contributed by atoms with Gasteiger partial charge in [0.25, 0.3) is 0 Å². The molecule has 2 nitrogen and oxygen atoms in total. The Morgan fingerprint density at radius 1 is 1.25 bits per heavy atom. The smallest absolute Gasteiger partial charge is 0.0825 e. The maximum atomic E-state index is 3.54. The molecule has 2 fully saturated rings. The zero-order chi connectivity index (χ0) is 8.60. The van der Waals surface area contributed by atoms with Crippen molar-refractivity contribution in [3.63, 3.8) is 0 Å². The molecule has 2 atom stereocenters. The first kappa shape index (κ1) is 8.52. The second-order valence-electron chi connectivity index (χ2n) is 4.93. The Morgan fingerprint density at radius 2 is 1.83 bits per heavy atom. The molecule has 2 heterocycles. The van der Waals surface area contributed by atoms with Gasteiger partial charge in [-0.25, -0.2) is 0 Å². The van der Waals surface area contributed by atoms with Crippen molar-refractivity contribution in [2.24, 2.45) is 11.8 Å². The first-order chi connectivity index (χ1) is 5.72. The summed E-state index contributed by atoms with van der Waals surface area (Å²) >= 11 is 0. The van der Waals surface area contributed by atoms with Crippen LogP contribution >= 0.6 is 0 Å². The Labute approximate surface area is 75.5 Å². The monoisotopic (exact) mass is 169 g/mol. The Balaban J connectivity index is 2.05. The third-order valence-electron chi connectivity index (χ3n) is 3.69. The van der Waals surface area contributed by atoms with E-state index in [1.807, 2.05) is 0 Å². The van der Waals surface area contributed by atoms with Crippen LogP contribution < -0.4 is 5.32 Å². The number of fused-ring (bicyclic) bond motifs is 2. The van der Waals surface area contributed by atoms with Gasteiger partial charge in [0.15, 0.2) is 0 Å². The van der Waals surface area contributed by atoms with Crippen molar-refractivity contribution in [3.8, 4) is 0 Å². The highest BCUT2D eigenvalue weighted by Crippen LogP contribution is 2.28. The van der Waals surface area contributed by atoms with Crippen LogP contribution in [0, 0.1) is 11.8 Å². The number of quaternary nitrogens is 1. The number of hydrogen-bond acceptors (Lipinski definition) is 1. The number of likely N-dealkylation sites (tertiary alicyclic amines) is 1. The van der Waals surface area contributed by atoms with Crippen molar-refractivity contribution in [1.82, 2.24) is 5.32 Å². The molecule has 2 rings (SSSR count). The topological polar surface area (TPSA) is 12.0 Å². The molecule has 0 aromatic rings. The third-order valence-corrected chi connectivity index (χ3v) is 3.69. The Bertz CT molecular complexity index is 155. The van der Waals surface area contributed by atoms with Crippen LogP contribution in [0.2, 0.25) is 0 Å². The average molecular weight is 169 g/mol. The minimum atomic E-state index is 0.961. The van der Waals surface area contributed by atoms with Crippen LogP contribution in [0.1, 0.15) is 13.3 Å². The van der Waals surface area contributed by atoms with E-state index in [2.05, 4.69) is 19.3 Å². The fourth-order valence-electron chi connectivity index (χ4n) is 2.99. The second-order valence-corrected chi connectivity index (χ2v) is 4.93. The lowest BCUT2D eigenvalue weighted by atomic mass is 9.84. The molecule has 70 valence electrons. The van der Waals surface area contributed by atoms with Gasteiger partial charge in [0.1, 0.15) is 0 Å². The van der Waals surface area contributed by atoms with Crippen LogP contribution in [0.3, 0.4) is 0 Å². The van der Waals surface area contributed by atoms with Crippen LogP contribution in [0.4, 0.5) is 0 Å². The van der Waals surface area contributed by atoms with E-state index in [4.69, 9.17) is 0 Å². The van der Waals surface area contributed by atoms with Crippen LogP contribution in [-0.2, 0) is 0 Å². The van der Waals surface area contributed by atoms with Gasteiger partial charge >= 0.3 is 0 Å². The van der Waals surface area contributed by atoms with Crippen molar-refractivity contribution in [2.45, 2.75) is 13.3 Å². The van der Waals surface area contributed by atoms with E-state index in [9.17, 15) is 0 Å². The van der Waals surface area contributed by atoms with E-state index < -0.39 is 0 Å². The minimum Gasteiger partial charge on any atom is -0.326 e. The zero-order valence-corrected chi connectivity index (χ0v) is 8.34. The average Bonchev–Trinajstić information content (AvgIpc) is 2.03. The van der Waals surface area contributed by atoms with Crippen LogP contribution in [-0.4, -0.2) is 44.3 Å². The predicted octanol–water partition coefficient (Wildman–Crippen LogP) is 0.692. The molecule has 0 spiro atoms. The van der Waals surface area contributed by atoms with E-state index in [0.717, 1.165) is 11.8 Å². The van der Waals surface area contributed by atoms with Crippen molar-refractivity contribution in [1.29, 1.82) is 0 Å². The normalized spacial score (nSPS) is 47.5. The Hall–Kier alpha value is -0.0800. The maximum absolute atomic E-state index is 3.54. The number of nitrogens with one attached hydrogen (secondary N) is 1. The van der Waals surface area contributed by atoms with Gasteiger partial charge in [-0.2, -0.15) is 0 Å². The molecule has 2 heteroatoms. The fourth-order valence-corrected chi connectivity index (χ4v) is 2.99. The summed E-state index contributed by atoms with van der Waals surface area (Å²) in [7, 11) is 2.42. The molecule has 2 unspecified atom stereocenters. The second kappa shape index (κ2) is 3.00. The molecule has 2 bridgehead atoms. The highest BCUT2D eigenvalue weighted by Gasteiger charge is 2.37. The summed E-state index contributed by atoms with van der Waals surface area (Å²) in [5.74, 6) is 1.92. The highest BCUT2D eigenvalue weighted by atomic mass is 15.3. The number of hydrogen-bond donors (Lipinski definition) is 1. The molecule has 0 aromatic heterocycles. The van der Waals surface area contributed by atoms with E-state index in [1.54, 1.807) is 0 Å². The minimum absolute atomic E-state index is 0.961.